The van der Waals surface area contributed by atoms with E-state index in [1.54, 1.807) is 36.4 Å². The molecule has 4 amide bonds. The Morgan fingerprint density at radius 3 is 2.02 bits per heavy atom. The number of carbonyl (C=O) groups is 4. The van der Waals surface area contributed by atoms with Gasteiger partial charge >= 0.3 is 0 Å². The Labute approximate surface area is 308 Å². The maximum atomic E-state index is 15.2. The summed E-state index contributed by atoms with van der Waals surface area (Å²) in [6.07, 6.45) is 3.71. The summed E-state index contributed by atoms with van der Waals surface area (Å²) >= 11 is 14.2. The summed E-state index contributed by atoms with van der Waals surface area (Å²) in [4.78, 5) is 52.0. The molecule has 2 aliphatic heterocycles. The molecule has 0 radical (unpaired) electrons. The number of halogens is 7. The molecule has 7 rings (SSSR count). The molecule has 1 saturated carbocycles. The van der Waals surface area contributed by atoms with Crippen LogP contribution in [-0.2, 0) is 25.7 Å². The molecular formula is C37H27Cl2F5N2O7. The molecule has 16 heteroatoms. The molecule has 2 saturated heterocycles. The molecule has 0 aromatic heterocycles. The van der Waals surface area contributed by atoms with Gasteiger partial charge in [-0.3, -0.25) is 24.1 Å². The second-order valence-electron chi connectivity index (χ2n) is 13.1. The molecule has 0 spiro atoms. The van der Waals surface area contributed by atoms with Gasteiger partial charge in [-0.2, -0.15) is 0 Å². The predicted molar refractivity (Wildman–Crippen MR) is 179 cm³/mol. The lowest BCUT2D eigenvalue weighted by Gasteiger charge is -2.49. The number of benzene rings is 3. The predicted octanol–water partition coefficient (Wildman–Crippen LogP) is 6.41. The number of anilines is 1. The van der Waals surface area contributed by atoms with E-state index >= 15 is 8.78 Å². The second kappa shape index (κ2) is 12.9. The highest BCUT2D eigenvalue weighted by Crippen LogP contribution is 2.64. The van der Waals surface area contributed by atoms with Crippen LogP contribution in [0.4, 0.5) is 27.6 Å². The number of carbonyl (C=O) groups excluding carboxylic acids is 4. The van der Waals surface area contributed by atoms with Crippen molar-refractivity contribution in [3.05, 3.63) is 100 Å². The molecule has 4 aliphatic rings. The van der Waals surface area contributed by atoms with Crippen LogP contribution in [0, 0.1) is 52.8 Å². The van der Waals surface area contributed by atoms with Crippen LogP contribution in [0.15, 0.2) is 60.2 Å². The van der Waals surface area contributed by atoms with E-state index in [0.717, 1.165) is 4.90 Å². The third-order valence-electron chi connectivity index (χ3n) is 10.5. The maximum Gasteiger partial charge on any atom is 0.258 e. The number of aromatic hydroxyl groups is 1. The van der Waals surface area contributed by atoms with Gasteiger partial charge in [0.1, 0.15) is 5.69 Å². The number of amides is 4. The van der Waals surface area contributed by atoms with E-state index < -0.39 is 98.2 Å². The molecule has 9 nitrogen and oxygen atoms in total. The molecule has 3 aromatic rings. The Morgan fingerprint density at radius 1 is 0.849 bits per heavy atom. The van der Waals surface area contributed by atoms with Gasteiger partial charge in [-0.05, 0) is 42.0 Å². The molecule has 1 N–H and O–H groups in total. The minimum Gasteiger partial charge on any atom is -0.502 e. The normalized spacial score (nSPS) is 28.0. The topological polar surface area (TPSA) is 113 Å². The molecule has 6 atom stereocenters. The summed E-state index contributed by atoms with van der Waals surface area (Å²) in [5.41, 5.74) is -0.621. The van der Waals surface area contributed by atoms with Gasteiger partial charge in [0.05, 0.1) is 32.6 Å². The Bertz CT molecular complexity index is 2130. The zero-order valence-corrected chi connectivity index (χ0v) is 29.2. The van der Waals surface area contributed by atoms with Gasteiger partial charge in [0.2, 0.25) is 23.4 Å². The number of allylic oxidation sites excluding steroid dienone is 3. The summed E-state index contributed by atoms with van der Waals surface area (Å²) in [5, 5.41) is 10.4. The van der Waals surface area contributed by atoms with Gasteiger partial charge in [-0.15, -0.1) is 23.2 Å². The SMILES string of the molecule is COc1cc(C=C[C@H]2C3=CC[C@@H]4C(=O)N(Cc5ccccc5)C(=O)[C@@H]4[C@@H]3C[C@@]3(Cl)C(=O)N(c4c(F)c(F)c(F)c(F)c4F)C(=O)[C@@]23Cl)cc(OC)c1O. The van der Waals surface area contributed by atoms with Crippen molar-refractivity contribution >= 4 is 58.6 Å². The van der Waals surface area contributed by atoms with Crippen LogP contribution in [0.5, 0.6) is 17.2 Å². The average Bonchev–Trinajstić information content (AvgIpc) is 3.47. The summed E-state index contributed by atoms with van der Waals surface area (Å²) < 4.78 is 83.9. The van der Waals surface area contributed by atoms with Crippen LogP contribution in [0.25, 0.3) is 6.08 Å². The van der Waals surface area contributed by atoms with Crippen molar-refractivity contribution < 1.29 is 55.7 Å². The minimum absolute atomic E-state index is 0.00328. The number of fused-ring (bicyclic) bond motifs is 4. The summed E-state index contributed by atoms with van der Waals surface area (Å²) in [7, 11) is 2.56. The molecule has 3 fully saturated rings. The lowest BCUT2D eigenvalue weighted by Crippen LogP contribution is -2.60. The van der Waals surface area contributed by atoms with Gasteiger partial charge in [-0.1, -0.05) is 54.1 Å². The highest BCUT2D eigenvalue weighted by Gasteiger charge is 2.76. The Hall–Kier alpha value is -4.95. The third kappa shape index (κ3) is 5.08. The zero-order chi connectivity index (χ0) is 38.3. The van der Waals surface area contributed by atoms with E-state index in [1.165, 1.54) is 38.5 Å². The van der Waals surface area contributed by atoms with Crippen molar-refractivity contribution in [2.45, 2.75) is 29.1 Å². The number of phenolic OH excluding ortho intramolecular Hbond substituents is 1. The summed E-state index contributed by atoms with van der Waals surface area (Å²) in [6.45, 7) is -0.0572. The molecule has 276 valence electrons. The number of alkyl halides is 2. The van der Waals surface area contributed by atoms with E-state index in [-0.39, 0.29) is 40.7 Å². The van der Waals surface area contributed by atoms with Crippen molar-refractivity contribution in [1.29, 1.82) is 0 Å². The third-order valence-corrected chi connectivity index (χ3v) is 12.0. The molecule has 3 aromatic carbocycles. The second-order valence-corrected chi connectivity index (χ2v) is 14.4. The van der Waals surface area contributed by atoms with Crippen LogP contribution in [0.2, 0.25) is 0 Å². The van der Waals surface area contributed by atoms with Crippen molar-refractivity contribution in [3.8, 4) is 17.2 Å². The van der Waals surface area contributed by atoms with Crippen LogP contribution in [0.3, 0.4) is 0 Å². The van der Waals surface area contributed by atoms with Crippen molar-refractivity contribution in [3.63, 3.8) is 0 Å². The molecule has 0 bridgehead atoms. The minimum atomic E-state index is -2.67. The number of nitrogens with zero attached hydrogens (tertiary/aromatic N) is 2. The number of hydrogen-bond donors (Lipinski definition) is 1. The number of rotatable bonds is 7. The van der Waals surface area contributed by atoms with E-state index in [2.05, 4.69) is 0 Å². The first kappa shape index (κ1) is 36.4. The number of phenols is 1. The van der Waals surface area contributed by atoms with Gasteiger partial charge < -0.3 is 14.6 Å². The smallest absolute Gasteiger partial charge is 0.258 e. The van der Waals surface area contributed by atoms with Gasteiger partial charge in [0.25, 0.3) is 11.8 Å². The number of imide groups is 2. The van der Waals surface area contributed by atoms with Crippen LogP contribution in [-0.4, -0.2) is 57.6 Å². The highest BCUT2D eigenvalue weighted by atomic mass is 35.5. The van der Waals surface area contributed by atoms with E-state index in [9.17, 15) is 37.5 Å². The standard InChI is InChI=1S/C37H27Cl2F5N2O7/c1-52-22-12-17(13-23(53-2)31(22)47)8-11-21-18-9-10-19-24(33(49)45(32(19)48)15-16-6-4-3-5-7-16)20(18)14-36(38)34(50)46(35(51)37(21,36)39)30-28(43)26(41)25(40)27(42)29(30)44/h3-9,11-13,19-21,24,47H,10,14-15H2,1-2H3/t19-,20+,21-,24-,36+,37-/m0/s1. The van der Waals surface area contributed by atoms with Crippen molar-refractivity contribution in [2.75, 3.05) is 19.1 Å². The first-order valence-electron chi connectivity index (χ1n) is 16.1. The fourth-order valence-corrected chi connectivity index (χ4v) is 8.91. The maximum absolute atomic E-state index is 15.2. The number of ether oxygens (including phenoxy) is 2. The van der Waals surface area contributed by atoms with Crippen LogP contribution >= 0.6 is 23.2 Å². The van der Waals surface area contributed by atoms with Crippen LogP contribution in [0.1, 0.15) is 24.0 Å². The first-order chi connectivity index (χ1) is 25.1. The van der Waals surface area contributed by atoms with Crippen LogP contribution < -0.4 is 14.4 Å². The summed E-state index contributed by atoms with van der Waals surface area (Å²) in [6, 6.07) is 11.5. The lowest BCUT2D eigenvalue weighted by molar-refractivity contribution is -0.141. The Kier molecular flexibility index (Phi) is 8.84. The van der Waals surface area contributed by atoms with Crippen molar-refractivity contribution in [1.82, 2.24) is 4.90 Å². The molecule has 2 heterocycles. The fourth-order valence-electron chi connectivity index (χ4n) is 8.02. The van der Waals surface area contributed by atoms with Gasteiger partial charge in [-0.25, -0.2) is 26.9 Å². The van der Waals surface area contributed by atoms with Crippen molar-refractivity contribution in [2.24, 2.45) is 23.7 Å². The average molecular weight is 778 g/mol. The number of hydrogen-bond acceptors (Lipinski definition) is 7. The monoisotopic (exact) mass is 776 g/mol. The quantitative estimate of drug-likeness (QED) is 0.0737. The van der Waals surface area contributed by atoms with Gasteiger partial charge in [0.15, 0.2) is 44.5 Å². The number of likely N-dealkylation sites (tertiary alicyclic amines) is 1. The number of methoxy groups -OCH3 is 2. The largest absolute Gasteiger partial charge is 0.502 e. The highest BCUT2D eigenvalue weighted by molar-refractivity contribution is 6.58. The lowest BCUT2D eigenvalue weighted by atomic mass is 9.57. The molecular weight excluding hydrogens is 750 g/mol. The first-order valence-corrected chi connectivity index (χ1v) is 16.9. The van der Waals surface area contributed by atoms with E-state index in [0.29, 0.717) is 11.1 Å². The Morgan fingerprint density at radius 2 is 1.43 bits per heavy atom. The summed E-state index contributed by atoms with van der Waals surface area (Å²) in [5.74, 6) is -21.5. The zero-order valence-electron chi connectivity index (χ0n) is 27.6. The molecule has 2 aliphatic carbocycles. The van der Waals surface area contributed by atoms with Gasteiger partial charge in [0, 0.05) is 5.92 Å². The molecule has 53 heavy (non-hydrogen) atoms. The van der Waals surface area contributed by atoms with E-state index in [4.69, 9.17) is 32.7 Å². The molecule has 0 unspecified atom stereocenters. The Balaban J connectivity index is 1.39. The fraction of sp³-hybridized carbons (Fsp3) is 0.297. The van der Waals surface area contributed by atoms with E-state index in [1.807, 2.05) is 0 Å².